The average molecular weight is 272 g/mol. The zero-order chi connectivity index (χ0) is 15.0. The molecule has 0 amide bonds. The number of methoxy groups -OCH3 is 1. The van der Waals surface area contributed by atoms with Crippen LogP contribution in [0.15, 0.2) is 12.1 Å². The SMILES string of the molecule is COc1c(C(=O)c2c(C)nn(C)c2C)ccc(C)c1C. The first-order valence-corrected chi connectivity index (χ1v) is 6.57. The monoisotopic (exact) mass is 272 g/mol. The number of aryl methyl sites for hydroxylation is 3. The predicted octanol–water partition coefficient (Wildman–Crippen LogP) is 2.89. The normalized spacial score (nSPS) is 10.7. The van der Waals surface area contributed by atoms with Gasteiger partial charge in [-0.15, -0.1) is 0 Å². The highest BCUT2D eigenvalue weighted by atomic mass is 16.5. The van der Waals surface area contributed by atoms with Gasteiger partial charge >= 0.3 is 0 Å². The first-order chi connectivity index (χ1) is 9.38. The lowest BCUT2D eigenvalue weighted by atomic mass is 9.96. The minimum atomic E-state index is -0.0342. The maximum Gasteiger partial charge on any atom is 0.200 e. The van der Waals surface area contributed by atoms with Gasteiger partial charge in [0.2, 0.25) is 0 Å². The summed E-state index contributed by atoms with van der Waals surface area (Å²) >= 11 is 0. The second kappa shape index (κ2) is 5.12. The summed E-state index contributed by atoms with van der Waals surface area (Å²) in [6.45, 7) is 7.73. The minimum Gasteiger partial charge on any atom is -0.496 e. The lowest BCUT2D eigenvalue weighted by Crippen LogP contribution is -2.08. The number of ketones is 1. The fourth-order valence-corrected chi connectivity index (χ4v) is 2.47. The third-order valence-corrected chi connectivity index (χ3v) is 3.86. The highest BCUT2D eigenvalue weighted by Crippen LogP contribution is 2.29. The number of ether oxygens (including phenoxy) is 1. The molecule has 0 radical (unpaired) electrons. The molecule has 0 N–H and O–H groups in total. The van der Waals surface area contributed by atoms with Gasteiger partial charge in [-0.2, -0.15) is 5.10 Å². The number of benzene rings is 1. The third-order valence-electron chi connectivity index (χ3n) is 3.86. The zero-order valence-corrected chi connectivity index (χ0v) is 12.9. The van der Waals surface area contributed by atoms with Crippen LogP contribution in [0.4, 0.5) is 0 Å². The van der Waals surface area contributed by atoms with Gasteiger partial charge in [-0.3, -0.25) is 9.48 Å². The van der Waals surface area contributed by atoms with Crippen molar-refractivity contribution in [1.82, 2.24) is 9.78 Å². The van der Waals surface area contributed by atoms with Crippen LogP contribution in [-0.2, 0) is 7.05 Å². The Labute approximate surface area is 119 Å². The number of carbonyl (C=O) groups is 1. The predicted molar refractivity (Wildman–Crippen MR) is 78.6 cm³/mol. The van der Waals surface area contributed by atoms with Crippen molar-refractivity contribution in [2.75, 3.05) is 7.11 Å². The maximum absolute atomic E-state index is 12.8. The molecule has 4 nitrogen and oxygen atoms in total. The van der Waals surface area contributed by atoms with Crippen molar-refractivity contribution in [3.63, 3.8) is 0 Å². The molecule has 0 aliphatic rings. The number of hydrogen-bond donors (Lipinski definition) is 0. The zero-order valence-electron chi connectivity index (χ0n) is 12.9. The van der Waals surface area contributed by atoms with E-state index in [9.17, 15) is 4.79 Å². The van der Waals surface area contributed by atoms with Gasteiger partial charge in [-0.1, -0.05) is 6.07 Å². The smallest absolute Gasteiger partial charge is 0.200 e. The summed E-state index contributed by atoms with van der Waals surface area (Å²) in [4.78, 5) is 12.8. The first-order valence-electron chi connectivity index (χ1n) is 6.57. The van der Waals surface area contributed by atoms with Crippen molar-refractivity contribution < 1.29 is 9.53 Å². The van der Waals surface area contributed by atoms with Crippen LogP contribution in [0.2, 0.25) is 0 Å². The van der Waals surface area contributed by atoms with Gasteiger partial charge in [0.1, 0.15) is 5.75 Å². The summed E-state index contributed by atoms with van der Waals surface area (Å²) in [5, 5.41) is 4.31. The molecule has 1 aromatic carbocycles. The standard InChI is InChI=1S/C16H20N2O2/c1-9-7-8-13(16(20-6)10(9)2)15(19)14-11(3)17-18(5)12(14)4/h7-8H,1-6H3. The summed E-state index contributed by atoms with van der Waals surface area (Å²) in [7, 11) is 3.44. The Kier molecular flexibility index (Phi) is 3.66. The quantitative estimate of drug-likeness (QED) is 0.807. The highest BCUT2D eigenvalue weighted by molar-refractivity contribution is 6.12. The van der Waals surface area contributed by atoms with Crippen molar-refractivity contribution in [3.05, 3.63) is 45.8 Å². The van der Waals surface area contributed by atoms with E-state index in [1.54, 1.807) is 11.8 Å². The second-order valence-electron chi connectivity index (χ2n) is 5.09. The van der Waals surface area contributed by atoms with E-state index in [-0.39, 0.29) is 5.78 Å². The summed E-state index contributed by atoms with van der Waals surface area (Å²) < 4.78 is 7.17. The summed E-state index contributed by atoms with van der Waals surface area (Å²) in [5.74, 6) is 0.616. The molecule has 1 heterocycles. The van der Waals surface area contributed by atoms with Gasteiger partial charge in [0.15, 0.2) is 5.78 Å². The average Bonchev–Trinajstić information content (AvgIpc) is 2.65. The second-order valence-corrected chi connectivity index (χ2v) is 5.09. The van der Waals surface area contributed by atoms with E-state index in [1.165, 1.54) is 0 Å². The molecule has 106 valence electrons. The van der Waals surface area contributed by atoms with E-state index in [0.29, 0.717) is 16.9 Å². The molecular formula is C16H20N2O2. The van der Waals surface area contributed by atoms with Gasteiger partial charge in [-0.25, -0.2) is 0 Å². The summed E-state index contributed by atoms with van der Waals surface area (Å²) in [5.41, 5.74) is 4.97. The van der Waals surface area contributed by atoms with E-state index < -0.39 is 0 Å². The van der Waals surface area contributed by atoms with Gasteiger partial charge in [0, 0.05) is 12.7 Å². The fraction of sp³-hybridized carbons (Fsp3) is 0.375. The number of rotatable bonds is 3. The van der Waals surface area contributed by atoms with Gasteiger partial charge in [-0.05, 0) is 44.9 Å². The first kappa shape index (κ1) is 14.3. The lowest BCUT2D eigenvalue weighted by molar-refractivity contribution is 0.103. The van der Waals surface area contributed by atoms with Crippen molar-refractivity contribution in [2.45, 2.75) is 27.7 Å². The molecule has 0 aliphatic heterocycles. The number of nitrogens with zero attached hydrogens (tertiary/aromatic N) is 2. The molecule has 0 saturated heterocycles. The molecule has 2 rings (SSSR count). The summed E-state index contributed by atoms with van der Waals surface area (Å²) in [6.07, 6.45) is 0. The Balaban J connectivity index is 2.63. The molecule has 20 heavy (non-hydrogen) atoms. The van der Waals surface area contributed by atoms with E-state index in [2.05, 4.69) is 5.10 Å². The largest absolute Gasteiger partial charge is 0.496 e. The van der Waals surface area contributed by atoms with Gasteiger partial charge < -0.3 is 4.74 Å². The molecule has 0 spiro atoms. The van der Waals surface area contributed by atoms with E-state index in [0.717, 1.165) is 22.5 Å². The molecule has 0 bridgehead atoms. The lowest BCUT2D eigenvalue weighted by Gasteiger charge is -2.13. The van der Waals surface area contributed by atoms with Crippen molar-refractivity contribution in [1.29, 1.82) is 0 Å². The van der Waals surface area contributed by atoms with Crippen LogP contribution in [0.5, 0.6) is 5.75 Å². The van der Waals surface area contributed by atoms with Crippen LogP contribution in [-0.4, -0.2) is 22.7 Å². The molecule has 0 atom stereocenters. The molecular weight excluding hydrogens is 252 g/mol. The van der Waals surface area contributed by atoms with E-state index in [4.69, 9.17) is 4.74 Å². The van der Waals surface area contributed by atoms with E-state index >= 15 is 0 Å². The molecule has 2 aromatic rings. The van der Waals surface area contributed by atoms with Crippen molar-refractivity contribution >= 4 is 5.78 Å². The molecule has 4 heteroatoms. The molecule has 1 aromatic heterocycles. The minimum absolute atomic E-state index is 0.0342. The number of hydrogen-bond acceptors (Lipinski definition) is 3. The Hall–Kier alpha value is -2.10. The summed E-state index contributed by atoms with van der Waals surface area (Å²) in [6, 6.07) is 3.78. The molecule has 0 saturated carbocycles. The molecule has 0 fully saturated rings. The number of aromatic nitrogens is 2. The fourth-order valence-electron chi connectivity index (χ4n) is 2.47. The Morgan fingerprint density at radius 3 is 2.35 bits per heavy atom. The highest BCUT2D eigenvalue weighted by Gasteiger charge is 2.23. The van der Waals surface area contributed by atoms with Crippen LogP contribution in [0, 0.1) is 27.7 Å². The number of carbonyl (C=O) groups excluding carboxylic acids is 1. The van der Waals surface area contributed by atoms with Crippen molar-refractivity contribution in [2.24, 2.45) is 7.05 Å². The van der Waals surface area contributed by atoms with Crippen LogP contribution in [0.3, 0.4) is 0 Å². The van der Waals surface area contributed by atoms with Crippen LogP contribution >= 0.6 is 0 Å². The van der Waals surface area contributed by atoms with Crippen LogP contribution < -0.4 is 4.74 Å². The third kappa shape index (κ3) is 2.11. The van der Waals surface area contributed by atoms with Crippen LogP contribution in [0.25, 0.3) is 0 Å². The molecule has 0 unspecified atom stereocenters. The van der Waals surface area contributed by atoms with Crippen LogP contribution in [0.1, 0.15) is 38.4 Å². The van der Waals surface area contributed by atoms with E-state index in [1.807, 2.05) is 46.9 Å². The van der Waals surface area contributed by atoms with Crippen molar-refractivity contribution in [3.8, 4) is 5.75 Å². The van der Waals surface area contributed by atoms with Gasteiger partial charge in [0.05, 0.1) is 23.9 Å². The molecule has 0 aliphatic carbocycles. The van der Waals surface area contributed by atoms with Gasteiger partial charge in [0.25, 0.3) is 0 Å². The topological polar surface area (TPSA) is 44.1 Å². The Morgan fingerprint density at radius 2 is 1.85 bits per heavy atom. The maximum atomic E-state index is 12.8. The Morgan fingerprint density at radius 1 is 1.20 bits per heavy atom. The Bertz CT molecular complexity index is 684.